The summed E-state index contributed by atoms with van der Waals surface area (Å²) in [4.78, 5) is 8.14. The van der Waals surface area contributed by atoms with Crippen molar-refractivity contribution >= 4 is 17.4 Å². The van der Waals surface area contributed by atoms with Gasteiger partial charge in [-0.15, -0.1) is 0 Å². The lowest BCUT2D eigenvalue weighted by atomic mass is 10.0. The van der Waals surface area contributed by atoms with Crippen LogP contribution in [0.25, 0.3) is 0 Å². The third-order valence-electron chi connectivity index (χ3n) is 3.06. The molecule has 1 saturated heterocycles. The molecule has 0 amide bonds. The second-order valence-electron chi connectivity index (χ2n) is 4.19. The lowest BCUT2D eigenvalue weighted by Gasteiger charge is -2.20. The molecule has 5 heteroatoms. The van der Waals surface area contributed by atoms with Crippen molar-refractivity contribution in [2.75, 3.05) is 18.5 Å². The van der Waals surface area contributed by atoms with E-state index in [1.165, 1.54) is 6.33 Å². The van der Waals surface area contributed by atoms with Crippen LogP contribution in [0, 0.1) is 12.8 Å². The zero-order valence-corrected chi connectivity index (χ0v) is 10.3. The lowest BCUT2D eigenvalue weighted by Crippen LogP contribution is -2.27. The van der Waals surface area contributed by atoms with Crippen LogP contribution in [0.2, 0.25) is 5.15 Å². The first-order valence-electron chi connectivity index (χ1n) is 5.50. The van der Waals surface area contributed by atoms with Crippen molar-refractivity contribution in [1.82, 2.24) is 9.97 Å². The van der Waals surface area contributed by atoms with Crippen LogP contribution in [0.4, 0.5) is 5.82 Å². The topological polar surface area (TPSA) is 47.0 Å². The van der Waals surface area contributed by atoms with Gasteiger partial charge in [0.15, 0.2) is 0 Å². The van der Waals surface area contributed by atoms with Gasteiger partial charge >= 0.3 is 0 Å². The minimum atomic E-state index is 0.340. The average Bonchev–Trinajstić information content (AvgIpc) is 2.78. The molecular weight excluding hydrogens is 226 g/mol. The van der Waals surface area contributed by atoms with Gasteiger partial charge in [-0.3, -0.25) is 0 Å². The monoisotopic (exact) mass is 241 g/mol. The molecule has 4 nitrogen and oxygen atoms in total. The number of anilines is 1. The van der Waals surface area contributed by atoms with Gasteiger partial charge in [-0.05, 0) is 20.3 Å². The van der Waals surface area contributed by atoms with Gasteiger partial charge < -0.3 is 10.1 Å². The Morgan fingerprint density at radius 1 is 1.56 bits per heavy atom. The van der Waals surface area contributed by atoms with Gasteiger partial charge in [-0.1, -0.05) is 11.6 Å². The Morgan fingerprint density at radius 3 is 3.06 bits per heavy atom. The fourth-order valence-electron chi connectivity index (χ4n) is 1.85. The van der Waals surface area contributed by atoms with E-state index in [9.17, 15) is 0 Å². The molecule has 0 radical (unpaired) electrons. The Hall–Kier alpha value is -0.870. The Bertz CT molecular complexity index is 366. The van der Waals surface area contributed by atoms with Gasteiger partial charge in [0.25, 0.3) is 0 Å². The van der Waals surface area contributed by atoms with E-state index < -0.39 is 0 Å². The predicted molar refractivity (Wildman–Crippen MR) is 63.8 cm³/mol. The maximum Gasteiger partial charge on any atom is 0.137 e. The summed E-state index contributed by atoms with van der Waals surface area (Å²) < 4.78 is 5.37. The van der Waals surface area contributed by atoms with E-state index in [2.05, 4.69) is 22.2 Å². The van der Waals surface area contributed by atoms with E-state index in [1.54, 1.807) is 0 Å². The van der Waals surface area contributed by atoms with E-state index in [1.807, 2.05) is 6.92 Å². The third-order valence-corrected chi connectivity index (χ3v) is 3.44. The van der Waals surface area contributed by atoms with Crippen molar-refractivity contribution < 1.29 is 4.74 Å². The molecular formula is C11H16ClN3O. The zero-order chi connectivity index (χ0) is 11.5. The molecule has 0 bridgehead atoms. The number of nitrogens with one attached hydrogen (secondary N) is 1. The SMILES string of the molecule is Cc1c(Cl)ncnc1NC(C)C1CCOC1. The molecule has 1 aliphatic heterocycles. The fraction of sp³-hybridized carbons (Fsp3) is 0.636. The van der Waals surface area contributed by atoms with E-state index in [0.717, 1.165) is 31.0 Å². The molecule has 0 spiro atoms. The smallest absolute Gasteiger partial charge is 0.137 e. The molecule has 1 aromatic heterocycles. The van der Waals surface area contributed by atoms with Gasteiger partial charge in [-0.2, -0.15) is 0 Å². The first-order valence-corrected chi connectivity index (χ1v) is 5.87. The van der Waals surface area contributed by atoms with Crippen LogP contribution in [0.5, 0.6) is 0 Å². The van der Waals surface area contributed by atoms with Crippen molar-refractivity contribution in [3.8, 4) is 0 Å². The Balaban J connectivity index is 2.05. The molecule has 1 N–H and O–H groups in total. The van der Waals surface area contributed by atoms with Crippen molar-refractivity contribution in [1.29, 1.82) is 0 Å². The molecule has 0 aliphatic carbocycles. The van der Waals surface area contributed by atoms with Crippen LogP contribution in [0.15, 0.2) is 6.33 Å². The van der Waals surface area contributed by atoms with Crippen LogP contribution >= 0.6 is 11.6 Å². The maximum absolute atomic E-state index is 5.94. The van der Waals surface area contributed by atoms with E-state index >= 15 is 0 Å². The lowest BCUT2D eigenvalue weighted by molar-refractivity contribution is 0.183. The van der Waals surface area contributed by atoms with Crippen molar-refractivity contribution in [3.63, 3.8) is 0 Å². The zero-order valence-electron chi connectivity index (χ0n) is 9.53. The van der Waals surface area contributed by atoms with Gasteiger partial charge in [0.05, 0.1) is 6.61 Å². The quantitative estimate of drug-likeness (QED) is 0.825. The fourth-order valence-corrected chi connectivity index (χ4v) is 1.99. The summed E-state index contributed by atoms with van der Waals surface area (Å²) in [6, 6.07) is 0.340. The van der Waals surface area contributed by atoms with Gasteiger partial charge in [0, 0.05) is 24.1 Å². The van der Waals surface area contributed by atoms with Crippen molar-refractivity contribution in [3.05, 3.63) is 17.0 Å². The average molecular weight is 242 g/mol. The summed E-state index contributed by atoms with van der Waals surface area (Å²) in [7, 11) is 0. The molecule has 1 fully saturated rings. The second-order valence-corrected chi connectivity index (χ2v) is 4.55. The van der Waals surface area contributed by atoms with Crippen LogP contribution in [0.1, 0.15) is 18.9 Å². The van der Waals surface area contributed by atoms with Crippen LogP contribution in [-0.2, 0) is 4.74 Å². The Kier molecular flexibility index (Phi) is 3.61. The second kappa shape index (κ2) is 4.97. The third kappa shape index (κ3) is 2.44. The molecule has 88 valence electrons. The number of hydrogen-bond donors (Lipinski definition) is 1. The molecule has 2 unspecified atom stereocenters. The largest absolute Gasteiger partial charge is 0.381 e. The van der Waals surface area contributed by atoms with E-state index in [0.29, 0.717) is 17.1 Å². The van der Waals surface area contributed by atoms with E-state index in [-0.39, 0.29) is 0 Å². The first-order chi connectivity index (χ1) is 7.68. The highest BCUT2D eigenvalue weighted by Crippen LogP contribution is 2.23. The van der Waals surface area contributed by atoms with Crippen LogP contribution in [-0.4, -0.2) is 29.2 Å². The number of nitrogens with zero attached hydrogens (tertiary/aromatic N) is 2. The summed E-state index contributed by atoms with van der Waals surface area (Å²) in [5, 5.41) is 3.88. The summed E-state index contributed by atoms with van der Waals surface area (Å²) in [6.07, 6.45) is 2.58. The van der Waals surface area contributed by atoms with Crippen molar-refractivity contribution in [2.45, 2.75) is 26.3 Å². The van der Waals surface area contributed by atoms with E-state index in [4.69, 9.17) is 16.3 Å². The highest BCUT2D eigenvalue weighted by molar-refractivity contribution is 6.30. The van der Waals surface area contributed by atoms with Crippen LogP contribution in [0.3, 0.4) is 0 Å². The molecule has 2 rings (SSSR count). The summed E-state index contributed by atoms with van der Waals surface area (Å²) in [6.45, 7) is 5.75. The minimum Gasteiger partial charge on any atom is -0.381 e. The number of hydrogen-bond acceptors (Lipinski definition) is 4. The standard InChI is InChI=1S/C11H16ClN3O/c1-7-10(12)13-6-14-11(7)15-8(2)9-3-4-16-5-9/h6,8-9H,3-5H2,1-2H3,(H,13,14,15). The van der Waals surface area contributed by atoms with Gasteiger partial charge in [-0.25, -0.2) is 9.97 Å². The summed E-state index contributed by atoms with van der Waals surface area (Å²) in [5.41, 5.74) is 0.898. The maximum atomic E-state index is 5.94. The van der Waals surface area contributed by atoms with Gasteiger partial charge in [0.1, 0.15) is 17.3 Å². The molecule has 2 heterocycles. The van der Waals surface area contributed by atoms with Crippen LogP contribution < -0.4 is 5.32 Å². The number of ether oxygens (including phenoxy) is 1. The number of rotatable bonds is 3. The Morgan fingerprint density at radius 2 is 2.38 bits per heavy atom. The molecule has 0 saturated carbocycles. The number of aromatic nitrogens is 2. The number of halogens is 1. The Labute approximate surface area is 100 Å². The molecule has 1 aliphatic rings. The predicted octanol–water partition coefficient (Wildman–Crippen LogP) is 2.28. The van der Waals surface area contributed by atoms with Gasteiger partial charge in [0.2, 0.25) is 0 Å². The first kappa shape index (κ1) is 11.6. The molecule has 16 heavy (non-hydrogen) atoms. The minimum absolute atomic E-state index is 0.340. The normalized spacial score (nSPS) is 22.1. The highest BCUT2D eigenvalue weighted by Gasteiger charge is 2.22. The summed E-state index contributed by atoms with van der Waals surface area (Å²) in [5.74, 6) is 1.37. The molecule has 2 atom stereocenters. The molecule has 1 aromatic rings. The highest BCUT2D eigenvalue weighted by atomic mass is 35.5. The van der Waals surface area contributed by atoms with Crippen molar-refractivity contribution in [2.24, 2.45) is 5.92 Å². The summed E-state index contributed by atoms with van der Waals surface area (Å²) >= 11 is 5.94. The molecule has 0 aromatic carbocycles.